The Hall–Kier alpha value is -1.77. The molecule has 118 valence electrons. The van der Waals surface area contributed by atoms with Crippen molar-refractivity contribution in [3.8, 4) is 11.3 Å². The van der Waals surface area contributed by atoms with Gasteiger partial charge in [0, 0.05) is 31.5 Å². The average molecular weight is 339 g/mol. The zero-order valence-electron chi connectivity index (χ0n) is 12.5. The minimum Gasteiger partial charge on any atom is -0.302 e. The lowest BCUT2D eigenvalue weighted by molar-refractivity contribution is -0.115. The molecular weight excluding hydrogens is 322 g/mol. The van der Waals surface area contributed by atoms with Crippen LogP contribution in [0.4, 0.5) is 5.13 Å². The lowest BCUT2D eigenvalue weighted by Crippen LogP contribution is -2.22. The molecule has 1 heterocycles. The molecule has 0 fully saturated rings. The molecule has 0 unspecified atom stereocenters. The van der Waals surface area contributed by atoms with Crippen molar-refractivity contribution in [1.29, 1.82) is 0 Å². The van der Waals surface area contributed by atoms with Crippen molar-refractivity contribution in [2.24, 2.45) is 0 Å². The molecule has 0 saturated carbocycles. The molecule has 0 saturated heterocycles. The van der Waals surface area contributed by atoms with Crippen LogP contribution >= 0.6 is 11.3 Å². The van der Waals surface area contributed by atoms with E-state index in [2.05, 4.69) is 10.3 Å². The van der Waals surface area contributed by atoms with Crippen LogP contribution in [0.15, 0.2) is 34.5 Å². The third-order valence-electron chi connectivity index (χ3n) is 3.00. The number of carbonyl (C=O) groups excluding carboxylic acids is 1. The molecule has 0 atom stereocenters. The van der Waals surface area contributed by atoms with E-state index >= 15 is 0 Å². The summed E-state index contributed by atoms with van der Waals surface area (Å²) >= 11 is 1.33. The molecular formula is C14H17N3O3S2. The SMILES string of the molecule is CCC(=O)Nc1nc(-c2ccc(S(=O)(=O)N(C)C)cc2)cs1. The molecule has 8 heteroatoms. The van der Waals surface area contributed by atoms with Gasteiger partial charge < -0.3 is 5.32 Å². The number of sulfonamides is 1. The van der Waals surface area contributed by atoms with Gasteiger partial charge in [0.15, 0.2) is 5.13 Å². The number of benzene rings is 1. The van der Waals surface area contributed by atoms with Gasteiger partial charge in [0.25, 0.3) is 0 Å². The Kier molecular flexibility index (Phi) is 4.94. The summed E-state index contributed by atoms with van der Waals surface area (Å²) in [6, 6.07) is 6.51. The summed E-state index contributed by atoms with van der Waals surface area (Å²) in [7, 11) is -0.447. The Morgan fingerprint density at radius 3 is 2.45 bits per heavy atom. The number of anilines is 1. The van der Waals surface area contributed by atoms with E-state index in [1.54, 1.807) is 31.2 Å². The third-order valence-corrected chi connectivity index (χ3v) is 5.59. The van der Waals surface area contributed by atoms with Crippen molar-refractivity contribution in [3.63, 3.8) is 0 Å². The minimum atomic E-state index is -3.43. The third kappa shape index (κ3) is 3.52. The van der Waals surface area contributed by atoms with E-state index in [0.717, 1.165) is 5.56 Å². The molecule has 22 heavy (non-hydrogen) atoms. The van der Waals surface area contributed by atoms with E-state index in [4.69, 9.17) is 0 Å². The molecule has 0 aliphatic rings. The van der Waals surface area contributed by atoms with E-state index in [-0.39, 0.29) is 10.8 Å². The van der Waals surface area contributed by atoms with Crippen LogP contribution in [0.25, 0.3) is 11.3 Å². The second-order valence-electron chi connectivity index (χ2n) is 4.75. The van der Waals surface area contributed by atoms with Crippen LogP contribution in [-0.4, -0.2) is 37.7 Å². The summed E-state index contributed by atoms with van der Waals surface area (Å²) in [6.07, 6.45) is 0.395. The van der Waals surface area contributed by atoms with Crippen LogP contribution in [-0.2, 0) is 14.8 Å². The van der Waals surface area contributed by atoms with Gasteiger partial charge in [0.05, 0.1) is 10.6 Å². The van der Waals surface area contributed by atoms with E-state index in [9.17, 15) is 13.2 Å². The number of rotatable bonds is 5. The fourth-order valence-electron chi connectivity index (χ4n) is 1.68. The first-order chi connectivity index (χ1) is 10.3. The lowest BCUT2D eigenvalue weighted by atomic mass is 10.2. The molecule has 1 aromatic heterocycles. The first kappa shape index (κ1) is 16.6. The maximum atomic E-state index is 12.0. The van der Waals surface area contributed by atoms with Crippen molar-refractivity contribution >= 4 is 32.4 Å². The monoisotopic (exact) mass is 339 g/mol. The Balaban J connectivity index is 2.23. The molecule has 2 aromatic rings. The summed E-state index contributed by atoms with van der Waals surface area (Å²) < 4.78 is 25.2. The highest BCUT2D eigenvalue weighted by molar-refractivity contribution is 7.89. The second-order valence-corrected chi connectivity index (χ2v) is 7.76. The van der Waals surface area contributed by atoms with Crippen molar-refractivity contribution in [2.75, 3.05) is 19.4 Å². The van der Waals surface area contributed by atoms with Gasteiger partial charge in [-0.25, -0.2) is 17.7 Å². The van der Waals surface area contributed by atoms with Gasteiger partial charge in [-0.2, -0.15) is 0 Å². The number of carbonyl (C=O) groups is 1. The van der Waals surface area contributed by atoms with Crippen molar-refractivity contribution in [1.82, 2.24) is 9.29 Å². The summed E-state index contributed by atoms with van der Waals surface area (Å²) in [5.74, 6) is -0.0895. The van der Waals surface area contributed by atoms with Crippen LogP contribution < -0.4 is 5.32 Å². The summed E-state index contributed by atoms with van der Waals surface area (Å²) in [5.41, 5.74) is 1.50. The Morgan fingerprint density at radius 1 is 1.27 bits per heavy atom. The smallest absolute Gasteiger partial charge is 0.242 e. The van der Waals surface area contributed by atoms with Gasteiger partial charge in [-0.3, -0.25) is 4.79 Å². The first-order valence-electron chi connectivity index (χ1n) is 6.63. The van der Waals surface area contributed by atoms with E-state index in [0.29, 0.717) is 17.2 Å². The molecule has 1 amide bonds. The maximum Gasteiger partial charge on any atom is 0.242 e. The second kappa shape index (κ2) is 6.55. The van der Waals surface area contributed by atoms with E-state index < -0.39 is 10.0 Å². The topological polar surface area (TPSA) is 79.4 Å². The van der Waals surface area contributed by atoms with Crippen LogP contribution in [0, 0.1) is 0 Å². The van der Waals surface area contributed by atoms with Crippen molar-refractivity contribution < 1.29 is 13.2 Å². The van der Waals surface area contributed by atoms with E-state index in [1.807, 2.05) is 5.38 Å². The standard InChI is InChI=1S/C14H17N3O3S2/c1-4-13(18)16-14-15-12(9-21-14)10-5-7-11(8-6-10)22(19,20)17(2)3/h5-9H,4H2,1-3H3,(H,15,16,18). The highest BCUT2D eigenvalue weighted by atomic mass is 32.2. The molecule has 1 aromatic carbocycles. The average Bonchev–Trinajstić information content (AvgIpc) is 2.95. The zero-order chi connectivity index (χ0) is 16.3. The molecule has 0 bridgehead atoms. The quantitative estimate of drug-likeness (QED) is 0.907. The Morgan fingerprint density at radius 2 is 1.91 bits per heavy atom. The molecule has 0 aliphatic carbocycles. The van der Waals surface area contributed by atoms with Crippen LogP contribution in [0.2, 0.25) is 0 Å². The molecule has 6 nitrogen and oxygen atoms in total. The maximum absolute atomic E-state index is 12.0. The summed E-state index contributed by atoms with van der Waals surface area (Å²) in [5, 5.41) is 5.05. The number of nitrogens with one attached hydrogen (secondary N) is 1. The summed E-state index contributed by atoms with van der Waals surface area (Å²) in [6.45, 7) is 1.77. The van der Waals surface area contributed by atoms with Gasteiger partial charge >= 0.3 is 0 Å². The fraction of sp³-hybridized carbons (Fsp3) is 0.286. The normalized spacial score (nSPS) is 11.6. The van der Waals surface area contributed by atoms with Gasteiger partial charge in [-0.15, -0.1) is 11.3 Å². The first-order valence-corrected chi connectivity index (χ1v) is 8.95. The predicted octanol–water partition coefficient (Wildman–Crippen LogP) is 2.41. The molecule has 0 aliphatic heterocycles. The predicted molar refractivity (Wildman–Crippen MR) is 87.3 cm³/mol. The minimum absolute atomic E-state index is 0.0895. The van der Waals surface area contributed by atoms with Crippen LogP contribution in [0.5, 0.6) is 0 Å². The summed E-state index contributed by atoms with van der Waals surface area (Å²) in [4.78, 5) is 15.9. The van der Waals surface area contributed by atoms with Crippen molar-refractivity contribution in [2.45, 2.75) is 18.2 Å². The molecule has 1 N–H and O–H groups in total. The van der Waals surface area contributed by atoms with Gasteiger partial charge in [0.1, 0.15) is 0 Å². The van der Waals surface area contributed by atoms with Gasteiger partial charge in [-0.1, -0.05) is 19.1 Å². The van der Waals surface area contributed by atoms with E-state index in [1.165, 1.54) is 29.7 Å². The molecule has 2 rings (SSSR count). The number of hydrogen-bond acceptors (Lipinski definition) is 5. The largest absolute Gasteiger partial charge is 0.302 e. The highest BCUT2D eigenvalue weighted by Gasteiger charge is 2.17. The number of nitrogens with zero attached hydrogens (tertiary/aromatic N) is 2. The lowest BCUT2D eigenvalue weighted by Gasteiger charge is -2.11. The fourth-order valence-corrected chi connectivity index (χ4v) is 3.32. The number of thiazole rings is 1. The Labute approximate surface area is 133 Å². The van der Waals surface area contributed by atoms with Gasteiger partial charge in [0.2, 0.25) is 15.9 Å². The zero-order valence-corrected chi connectivity index (χ0v) is 14.2. The number of amides is 1. The van der Waals surface area contributed by atoms with Gasteiger partial charge in [-0.05, 0) is 12.1 Å². The highest BCUT2D eigenvalue weighted by Crippen LogP contribution is 2.26. The van der Waals surface area contributed by atoms with Crippen molar-refractivity contribution in [3.05, 3.63) is 29.6 Å². The molecule has 0 spiro atoms. The number of hydrogen-bond donors (Lipinski definition) is 1. The van der Waals surface area contributed by atoms with Crippen LogP contribution in [0.1, 0.15) is 13.3 Å². The molecule has 0 radical (unpaired) electrons. The number of aromatic nitrogens is 1. The Bertz CT molecular complexity index is 765. The van der Waals surface area contributed by atoms with Crippen LogP contribution in [0.3, 0.4) is 0 Å².